The number of carbonyl (C=O) groups is 3. The standard InChI is InChI=1S/C25H27ClFN7O4/c1-13-3-14(5-16(26)4-13)19(8-23(36)38-2)32-22(35)12-28-24(37)15-6-20(18-11-31-34-21(18)7-15)33-25-29-9-17(27)10-30-25/h3-7,11,17,19H,8-10,12H2,1-2H3,(H,28,37)(H,31,34)(H,32,35)(H2,29,30,33)/t19-/m0/s1. The Labute approximate surface area is 222 Å². The molecule has 0 radical (unpaired) electrons. The molecule has 2 heterocycles. The van der Waals surface area contributed by atoms with Gasteiger partial charge in [-0.3, -0.25) is 19.5 Å². The lowest BCUT2D eigenvalue weighted by atomic mass is 10.0. The van der Waals surface area contributed by atoms with Crippen LogP contribution in [0.15, 0.2) is 41.5 Å². The summed E-state index contributed by atoms with van der Waals surface area (Å²) in [5.41, 5.74) is 2.87. The van der Waals surface area contributed by atoms with E-state index < -0.39 is 30.0 Å². The highest BCUT2D eigenvalue weighted by Gasteiger charge is 2.21. The summed E-state index contributed by atoms with van der Waals surface area (Å²) in [6.45, 7) is 1.67. The van der Waals surface area contributed by atoms with Crippen LogP contribution in [0, 0.1) is 6.92 Å². The van der Waals surface area contributed by atoms with Crippen LogP contribution in [0.1, 0.15) is 33.9 Å². The van der Waals surface area contributed by atoms with Gasteiger partial charge in [-0.1, -0.05) is 17.7 Å². The molecule has 0 fully saturated rings. The van der Waals surface area contributed by atoms with Crippen molar-refractivity contribution in [2.75, 3.05) is 32.1 Å². The van der Waals surface area contributed by atoms with Crippen molar-refractivity contribution in [1.82, 2.24) is 26.1 Å². The summed E-state index contributed by atoms with van der Waals surface area (Å²) in [7, 11) is 1.26. The second-order valence-electron chi connectivity index (χ2n) is 8.79. The van der Waals surface area contributed by atoms with E-state index >= 15 is 0 Å². The fraction of sp³-hybridized carbons (Fsp3) is 0.320. The summed E-state index contributed by atoms with van der Waals surface area (Å²) in [5, 5.41) is 19.3. The molecule has 5 N–H and O–H groups in total. The van der Waals surface area contributed by atoms with Crippen molar-refractivity contribution in [2.24, 2.45) is 4.99 Å². The number of benzene rings is 2. The SMILES string of the molecule is COC(=O)C[C@H](NC(=O)CNC(=O)c1cc(NC2=NCC(F)CN2)c2cn[nH]c2c1)c1cc(C)cc(Cl)c1. The van der Waals surface area contributed by atoms with E-state index in [9.17, 15) is 18.8 Å². The van der Waals surface area contributed by atoms with Crippen LogP contribution in [-0.4, -0.2) is 66.9 Å². The van der Waals surface area contributed by atoms with E-state index in [-0.39, 0.29) is 31.6 Å². The topological polar surface area (TPSA) is 150 Å². The molecule has 1 aliphatic heterocycles. The molecule has 0 spiro atoms. The average Bonchev–Trinajstić information content (AvgIpc) is 3.36. The lowest BCUT2D eigenvalue weighted by molar-refractivity contribution is -0.141. The van der Waals surface area contributed by atoms with Crippen molar-refractivity contribution in [3.8, 4) is 0 Å². The third-order valence-corrected chi connectivity index (χ3v) is 6.04. The highest BCUT2D eigenvalue weighted by Crippen LogP contribution is 2.25. The number of alkyl halides is 1. The Kier molecular flexibility index (Phi) is 8.41. The maximum Gasteiger partial charge on any atom is 0.307 e. The van der Waals surface area contributed by atoms with Crippen molar-refractivity contribution in [2.45, 2.75) is 25.6 Å². The Hall–Kier alpha value is -4.19. The molecule has 2 aromatic carbocycles. The summed E-state index contributed by atoms with van der Waals surface area (Å²) in [6, 6.07) is 7.72. The molecule has 11 nitrogen and oxygen atoms in total. The fourth-order valence-electron chi connectivity index (χ4n) is 3.99. The van der Waals surface area contributed by atoms with Crippen molar-refractivity contribution in [3.63, 3.8) is 0 Å². The van der Waals surface area contributed by atoms with Gasteiger partial charge in [-0.05, 0) is 42.3 Å². The zero-order valence-corrected chi connectivity index (χ0v) is 21.5. The number of aromatic nitrogens is 2. The number of aromatic amines is 1. The number of carbonyl (C=O) groups excluding carboxylic acids is 3. The minimum absolute atomic E-state index is 0.0326. The van der Waals surface area contributed by atoms with E-state index in [4.69, 9.17) is 16.3 Å². The number of guanidine groups is 1. The Balaban J connectivity index is 1.44. The van der Waals surface area contributed by atoms with Gasteiger partial charge in [-0.15, -0.1) is 0 Å². The monoisotopic (exact) mass is 543 g/mol. The number of esters is 1. The number of nitrogens with one attached hydrogen (secondary N) is 5. The number of aryl methyl sites for hydroxylation is 1. The van der Waals surface area contributed by atoms with Crippen LogP contribution in [0.5, 0.6) is 0 Å². The zero-order chi connectivity index (χ0) is 27.2. The Morgan fingerprint density at radius 1 is 1.24 bits per heavy atom. The zero-order valence-electron chi connectivity index (χ0n) is 20.7. The lowest BCUT2D eigenvalue weighted by Crippen LogP contribution is -2.41. The molecule has 4 rings (SSSR count). The highest BCUT2D eigenvalue weighted by atomic mass is 35.5. The molecule has 200 valence electrons. The lowest BCUT2D eigenvalue weighted by Gasteiger charge is -2.20. The number of rotatable bonds is 8. The normalized spacial score (nSPS) is 15.7. The summed E-state index contributed by atoms with van der Waals surface area (Å²) >= 11 is 6.16. The molecule has 3 aromatic rings. The Morgan fingerprint density at radius 2 is 2.05 bits per heavy atom. The van der Waals surface area contributed by atoms with Crippen LogP contribution >= 0.6 is 11.6 Å². The average molecular weight is 544 g/mol. The summed E-state index contributed by atoms with van der Waals surface area (Å²) in [6.07, 6.45) is 0.420. The molecule has 0 saturated carbocycles. The van der Waals surface area contributed by atoms with E-state index in [1.165, 1.54) is 7.11 Å². The Bertz CT molecular complexity index is 1370. The van der Waals surface area contributed by atoms with E-state index in [0.29, 0.717) is 33.1 Å². The van der Waals surface area contributed by atoms with Gasteiger partial charge in [-0.25, -0.2) is 9.38 Å². The maximum absolute atomic E-state index is 13.4. The van der Waals surface area contributed by atoms with Crippen LogP contribution in [-0.2, 0) is 14.3 Å². The Morgan fingerprint density at radius 3 is 2.76 bits per heavy atom. The number of anilines is 1. The predicted octanol–water partition coefficient (Wildman–Crippen LogP) is 2.38. The van der Waals surface area contributed by atoms with Gasteiger partial charge >= 0.3 is 5.97 Å². The number of H-pyrrole nitrogens is 1. The number of ether oxygens (including phenoxy) is 1. The fourth-order valence-corrected chi connectivity index (χ4v) is 4.29. The van der Waals surface area contributed by atoms with E-state index in [1.54, 1.807) is 30.5 Å². The number of nitrogens with zero attached hydrogens (tertiary/aromatic N) is 2. The third-order valence-electron chi connectivity index (χ3n) is 5.82. The van der Waals surface area contributed by atoms with Crippen molar-refractivity contribution in [1.29, 1.82) is 0 Å². The number of methoxy groups -OCH3 is 1. The quantitative estimate of drug-likeness (QED) is 0.274. The van der Waals surface area contributed by atoms with Gasteiger partial charge < -0.3 is 26.0 Å². The molecule has 2 amide bonds. The van der Waals surface area contributed by atoms with Crippen LogP contribution in [0.2, 0.25) is 5.02 Å². The molecule has 2 atom stereocenters. The van der Waals surface area contributed by atoms with Gasteiger partial charge in [0, 0.05) is 16.0 Å². The van der Waals surface area contributed by atoms with Crippen molar-refractivity contribution < 1.29 is 23.5 Å². The van der Waals surface area contributed by atoms with E-state index in [2.05, 4.69) is 36.5 Å². The smallest absolute Gasteiger partial charge is 0.307 e. The van der Waals surface area contributed by atoms with Crippen LogP contribution < -0.4 is 21.3 Å². The number of hydrogen-bond acceptors (Lipinski definition) is 8. The second kappa shape index (κ2) is 11.9. The van der Waals surface area contributed by atoms with Crippen LogP contribution in [0.4, 0.5) is 10.1 Å². The third kappa shape index (κ3) is 6.76. The minimum atomic E-state index is -1.06. The molecule has 0 aliphatic carbocycles. The molecule has 1 unspecified atom stereocenters. The van der Waals surface area contributed by atoms with Crippen LogP contribution in [0.3, 0.4) is 0 Å². The molecule has 1 aliphatic rings. The first-order chi connectivity index (χ1) is 18.2. The highest BCUT2D eigenvalue weighted by molar-refractivity contribution is 6.30. The van der Waals surface area contributed by atoms with Gasteiger partial charge in [0.2, 0.25) is 5.91 Å². The van der Waals surface area contributed by atoms with Crippen molar-refractivity contribution >= 4 is 51.9 Å². The number of aliphatic imine (C=N–C) groups is 1. The first-order valence-corrected chi connectivity index (χ1v) is 12.2. The number of fused-ring (bicyclic) bond motifs is 1. The number of amides is 2. The maximum atomic E-state index is 13.4. The van der Waals surface area contributed by atoms with Crippen LogP contribution in [0.25, 0.3) is 10.9 Å². The number of halogens is 2. The first-order valence-electron chi connectivity index (χ1n) is 11.8. The van der Waals surface area contributed by atoms with Gasteiger partial charge in [-0.2, -0.15) is 5.10 Å². The summed E-state index contributed by atoms with van der Waals surface area (Å²) in [4.78, 5) is 41.7. The minimum Gasteiger partial charge on any atom is -0.469 e. The van der Waals surface area contributed by atoms with Gasteiger partial charge in [0.15, 0.2) is 5.96 Å². The largest absolute Gasteiger partial charge is 0.469 e. The molecule has 38 heavy (non-hydrogen) atoms. The molecule has 1 aromatic heterocycles. The van der Waals surface area contributed by atoms with E-state index in [0.717, 1.165) is 5.56 Å². The molecule has 0 bridgehead atoms. The van der Waals surface area contributed by atoms with E-state index in [1.807, 2.05) is 13.0 Å². The predicted molar refractivity (Wildman–Crippen MR) is 141 cm³/mol. The second-order valence-corrected chi connectivity index (χ2v) is 9.23. The summed E-state index contributed by atoms with van der Waals surface area (Å²) in [5.74, 6) is -1.15. The first kappa shape index (κ1) is 26.9. The van der Waals surface area contributed by atoms with Crippen molar-refractivity contribution in [3.05, 3.63) is 58.2 Å². The molecular formula is C25H27ClFN7O4. The van der Waals surface area contributed by atoms with Gasteiger partial charge in [0.25, 0.3) is 5.91 Å². The molecule has 13 heteroatoms. The molecular weight excluding hydrogens is 517 g/mol. The molecule has 0 saturated heterocycles. The number of hydrogen-bond donors (Lipinski definition) is 5. The summed E-state index contributed by atoms with van der Waals surface area (Å²) < 4.78 is 18.1. The van der Waals surface area contributed by atoms with Gasteiger partial charge in [0.05, 0.1) is 56.6 Å². The van der Waals surface area contributed by atoms with Gasteiger partial charge in [0.1, 0.15) is 6.17 Å².